The number of rotatable bonds is 2. The molecule has 4 aromatic rings. The van der Waals surface area contributed by atoms with E-state index >= 15 is 0 Å². The largest absolute Gasteiger partial charge is 0.464 e. The molecule has 0 spiro atoms. The Morgan fingerprint density at radius 2 is 2.14 bits per heavy atom. The zero-order valence-corrected chi connectivity index (χ0v) is 15.5. The monoisotopic (exact) mass is 397 g/mol. The van der Waals surface area contributed by atoms with Crippen molar-refractivity contribution >= 4 is 22.7 Å². The molecule has 0 aliphatic carbocycles. The Hall–Kier alpha value is -3.36. The van der Waals surface area contributed by atoms with Crippen molar-refractivity contribution in [2.24, 2.45) is 0 Å². The third-order valence-electron chi connectivity index (χ3n) is 5.22. The molecule has 7 nitrogen and oxygen atoms in total. The first-order chi connectivity index (χ1) is 13.9. The minimum atomic E-state index is -3.01. The summed E-state index contributed by atoms with van der Waals surface area (Å²) in [5.41, 5.74) is 2.24. The van der Waals surface area contributed by atoms with Crippen molar-refractivity contribution in [2.45, 2.75) is 25.2 Å². The van der Waals surface area contributed by atoms with E-state index in [4.69, 9.17) is 4.42 Å². The number of halogens is 2. The summed E-state index contributed by atoms with van der Waals surface area (Å²) >= 11 is 0. The summed E-state index contributed by atoms with van der Waals surface area (Å²) < 4.78 is 36.0. The SMILES string of the molecule is Cc1cc([C@@H]2CN(C(=O)c3ccc4occc4c3)CC(F)(F)C2)n2ncnc2n1. The van der Waals surface area contributed by atoms with Crippen molar-refractivity contribution in [2.75, 3.05) is 13.1 Å². The highest BCUT2D eigenvalue weighted by Gasteiger charge is 2.43. The number of carbonyl (C=O) groups excluding carboxylic acids is 1. The second-order valence-electron chi connectivity index (χ2n) is 7.41. The quantitative estimate of drug-likeness (QED) is 0.518. The molecule has 1 aliphatic rings. The predicted molar refractivity (Wildman–Crippen MR) is 99.9 cm³/mol. The minimum Gasteiger partial charge on any atom is -0.464 e. The van der Waals surface area contributed by atoms with E-state index in [2.05, 4.69) is 15.1 Å². The summed E-state index contributed by atoms with van der Waals surface area (Å²) in [6, 6.07) is 8.40. The number of nitrogens with zero attached hydrogens (tertiary/aromatic N) is 5. The number of amides is 1. The van der Waals surface area contributed by atoms with Gasteiger partial charge in [-0.05, 0) is 37.3 Å². The molecule has 1 saturated heterocycles. The van der Waals surface area contributed by atoms with Gasteiger partial charge in [-0.3, -0.25) is 4.79 Å². The fraction of sp³-hybridized carbons (Fsp3) is 0.300. The van der Waals surface area contributed by atoms with Crippen LogP contribution in [0.2, 0.25) is 0 Å². The average molecular weight is 397 g/mol. The molecule has 1 aliphatic heterocycles. The summed E-state index contributed by atoms with van der Waals surface area (Å²) in [7, 11) is 0. The maximum absolute atomic E-state index is 14.6. The standard InChI is InChI=1S/C20H17F2N5O2/c1-12-6-16(27-19(25-12)23-11-24-27)15-8-20(21,22)10-26(9-15)18(28)14-2-3-17-13(7-14)4-5-29-17/h2-7,11,15H,8-10H2,1H3/t15-/m0/s1. The summed E-state index contributed by atoms with van der Waals surface area (Å²) in [6.07, 6.45) is 2.50. The fourth-order valence-corrected chi connectivity index (χ4v) is 3.98. The molecule has 0 bridgehead atoms. The molecule has 1 aromatic carbocycles. The smallest absolute Gasteiger partial charge is 0.266 e. The molecule has 9 heteroatoms. The van der Waals surface area contributed by atoms with Crippen LogP contribution >= 0.6 is 0 Å². The molecule has 148 valence electrons. The van der Waals surface area contributed by atoms with Gasteiger partial charge in [0.1, 0.15) is 11.9 Å². The molecule has 0 radical (unpaired) electrons. The van der Waals surface area contributed by atoms with Crippen LogP contribution in [-0.2, 0) is 0 Å². The molecule has 4 heterocycles. The highest BCUT2D eigenvalue weighted by Crippen LogP contribution is 2.37. The Balaban J connectivity index is 1.51. The number of likely N-dealkylation sites (tertiary alicyclic amines) is 1. The second-order valence-corrected chi connectivity index (χ2v) is 7.41. The first kappa shape index (κ1) is 17.7. The number of fused-ring (bicyclic) bond motifs is 2. The summed E-state index contributed by atoms with van der Waals surface area (Å²) in [5, 5.41) is 4.88. The van der Waals surface area contributed by atoms with Gasteiger partial charge in [0.15, 0.2) is 0 Å². The van der Waals surface area contributed by atoms with E-state index in [9.17, 15) is 13.6 Å². The van der Waals surface area contributed by atoms with Gasteiger partial charge in [-0.25, -0.2) is 18.3 Å². The van der Waals surface area contributed by atoms with E-state index < -0.39 is 24.3 Å². The molecular formula is C20H17F2N5O2. The zero-order chi connectivity index (χ0) is 20.2. The molecule has 0 unspecified atom stereocenters. The molecule has 5 rings (SSSR count). The number of furan rings is 1. The van der Waals surface area contributed by atoms with E-state index in [0.29, 0.717) is 28.3 Å². The van der Waals surface area contributed by atoms with Gasteiger partial charge in [-0.2, -0.15) is 10.1 Å². The van der Waals surface area contributed by atoms with Gasteiger partial charge in [0.2, 0.25) is 0 Å². The van der Waals surface area contributed by atoms with Crippen molar-refractivity contribution in [3.8, 4) is 0 Å². The van der Waals surface area contributed by atoms with E-state index in [1.54, 1.807) is 37.3 Å². The number of piperidine rings is 1. The summed E-state index contributed by atoms with van der Waals surface area (Å²) in [6.45, 7) is 1.33. The highest BCUT2D eigenvalue weighted by molar-refractivity contribution is 5.97. The average Bonchev–Trinajstić information content (AvgIpc) is 3.33. The normalized spacial score (nSPS) is 19.1. The summed E-state index contributed by atoms with van der Waals surface area (Å²) in [5.74, 6) is -3.68. The lowest BCUT2D eigenvalue weighted by molar-refractivity contribution is -0.0641. The number of aryl methyl sites for hydroxylation is 1. The van der Waals surface area contributed by atoms with Crippen molar-refractivity contribution in [1.82, 2.24) is 24.5 Å². The van der Waals surface area contributed by atoms with Gasteiger partial charge in [-0.1, -0.05) is 0 Å². The second kappa shape index (κ2) is 6.33. The van der Waals surface area contributed by atoms with E-state index in [-0.39, 0.29) is 13.0 Å². The first-order valence-corrected chi connectivity index (χ1v) is 9.21. The highest BCUT2D eigenvalue weighted by atomic mass is 19.3. The lowest BCUT2D eigenvalue weighted by Crippen LogP contribution is -2.49. The molecule has 1 atom stereocenters. The van der Waals surface area contributed by atoms with Gasteiger partial charge < -0.3 is 9.32 Å². The Morgan fingerprint density at radius 1 is 1.28 bits per heavy atom. The topological polar surface area (TPSA) is 76.5 Å². The van der Waals surface area contributed by atoms with Gasteiger partial charge in [0.05, 0.1) is 18.5 Å². The van der Waals surface area contributed by atoms with Crippen LogP contribution in [0.1, 0.15) is 34.1 Å². The van der Waals surface area contributed by atoms with Crippen LogP contribution in [0.3, 0.4) is 0 Å². The number of alkyl halides is 2. The van der Waals surface area contributed by atoms with Crippen molar-refractivity contribution < 1.29 is 18.0 Å². The van der Waals surface area contributed by atoms with Crippen LogP contribution in [0.15, 0.2) is 47.3 Å². The molecule has 3 aromatic heterocycles. The van der Waals surface area contributed by atoms with E-state index in [1.807, 2.05) is 0 Å². The molecular weight excluding hydrogens is 380 g/mol. The lowest BCUT2D eigenvalue weighted by Gasteiger charge is -2.37. The van der Waals surface area contributed by atoms with Gasteiger partial charge >= 0.3 is 0 Å². The fourth-order valence-electron chi connectivity index (χ4n) is 3.98. The molecule has 29 heavy (non-hydrogen) atoms. The van der Waals surface area contributed by atoms with Gasteiger partial charge in [0, 0.05) is 35.5 Å². The molecule has 1 amide bonds. The maximum atomic E-state index is 14.6. The predicted octanol–water partition coefficient (Wildman–Crippen LogP) is 3.44. The number of hydrogen-bond acceptors (Lipinski definition) is 5. The number of aromatic nitrogens is 4. The Kier molecular flexibility index (Phi) is 3.87. The molecule has 1 fully saturated rings. The molecule has 0 saturated carbocycles. The third-order valence-corrected chi connectivity index (χ3v) is 5.22. The first-order valence-electron chi connectivity index (χ1n) is 9.21. The van der Waals surface area contributed by atoms with Crippen LogP contribution in [-0.4, -0.2) is 49.4 Å². The molecule has 0 N–H and O–H groups in total. The van der Waals surface area contributed by atoms with Gasteiger partial charge in [-0.15, -0.1) is 0 Å². The zero-order valence-electron chi connectivity index (χ0n) is 15.5. The Labute approximate surface area is 164 Å². The van der Waals surface area contributed by atoms with Crippen molar-refractivity contribution in [3.63, 3.8) is 0 Å². The van der Waals surface area contributed by atoms with Crippen LogP contribution in [0.4, 0.5) is 8.78 Å². The van der Waals surface area contributed by atoms with Crippen molar-refractivity contribution in [3.05, 3.63) is 59.9 Å². The maximum Gasteiger partial charge on any atom is 0.266 e. The lowest BCUT2D eigenvalue weighted by atomic mass is 9.91. The van der Waals surface area contributed by atoms with E-state index in [1.165, 1.54) is 22.0 Å². The van der Waals surface area contributed by atoms with Crippen LogP contribution in [0.5, 0.6) is 0 Å². The van der Waals surface area contributed by atoms with Crippen molar-refractivity contribution in [1.29, 1.82) is 0 Å². The van der Waals surface area contributed by atoms with Gasteiger partial charge in [0.25, 0.3) is 17.6 Å². The summed E-state index contributed by atoms with van der Waals surface area (Å²) in [4.78, 5) is 22.6. The van der Waals surface area contributed by atoms with Crippen LogP contribution < -0.4 is 0 Å². The Morgan fingerprint density at radius 3 is 3.00 bits per heavy atom. The third kappa shape index (κ3) is 3.12. The van der Waals surface area contributed by atoms with Crippen LogP contribution in [0.25, 0.3) is 16.7 Å². The number of benzene rings is 1. The van der Waals surface area contributed by atoms with Crippen LogP contribution in [0, 0.1) is 6.92 Å². The Bertz CT molecular complexity index is 1230. The minimum absolute atomic E-state index is 0.163. The number of hydrogen-bond donors (Lipinski definition) is 0. The van der Waals surface area contributed by atoms with E-state index in [0.717, 1.165) is 5.39 Å². The number of carbonyl (C=O) groups is 1.